The molecule has 0 unspecified atom stereocenters. The summed E-state index contributed by atoms with van der Waals surface area (Å²) in [6.45, 7) is 0.805. The number of aromatic nitrogens is 3. The molecule has 0 radical (unpaired) electrons. The molecular formula is C30H28N6O3. The number of ether oxygens (including phenoxy) is 1. The largest absolute Gasteiger partial charge is 0.445 e. The molecule has 5 aromatic rings. The number of hydrogen-bond donors (Lipinski definition) is 3. The monoisotopic (exact) mass is 520 g/mol. The minimum Gasteiger partial charge on any atom is -0.445 e. The number of alkyl carbamates (subject to hydrolysis) is 1. The summed E-state index contributed by atoms with van der Waals surface area (Å²) in [7, 11) is 0. The van der Waals surface area contributed by atoms with Gasteiger partial charge >= 0.3 is 6.09 Å². The lowest BCUT2D eigenvalue weighted by atomic mass is 10.1. The van der Waals surface area contributed by atoms with Gasteiger partial charge in [0, 0.05) is 47.5 Å². The number of aromatic amines is 1. The Kier molecular flexibility index (Phi) is 8.08. The maximum Gasteiger partial charge on any atom is 0.408 e. The van der Waals surface area contributed by atoms with Gasteiger partial charge in [-0.05, 0) is 17.2 Å². The molecule has 0 aliphatic heterocycles. The standard InChI is InChI=1S/C30H28N6O3/c37-29(27(15-25-17-31-21-32-25)34-30(38)39-20-23-11-5-2-6-12-23)35-33-16-24-19-36(18-22-9-3-1-4-10-22)28-14-8-7-13-26(24)28/h1-14,16-17,19,21,27H,15,18,20H2,(H,31,32)(H,34,38)(H,35,37)/b33-16-/t27-/m0/s1. The van der Waals surface area contributed by atoms with Gasteiger partial charge in [-0.15, -0.1) is 0 Å². The van der Waals surface area contributed by atoms with Crippen LogP contribution in [-0.2, 0) is 29.1 Å². The predicted octanol–water partition coefficient (Wildman–Crippen LogP) is 4.40. The predicted molar refractivity (Wildman–Crippen MR) is 149 cm³/mol. The zero-order valence-corrected chi connectivity index (χ0v) is 21.2. The number of rotatable bonds is 10. The Hall–Kier alpha value is -5.18. The molecule has 0 saturated heterocycles. The number of para-hydroxylation sites is 1. The van der Waals surface area contributed by atoms with E-state index in [1.54, 1.807) is 12.4 Å². The number of H-pyrrole nitrogens is 1. The summed E-state index contributed by atoms with van der Waals surface area (Å²) in [5, 5.41) is 7.86. The van der Waals surface area contributed by atoms with E-state index < -0.39 is 18.0 Å². The van der Waals surface area contributed by atoms with Crippen LogP contribution < -0.4 is 10.7 Å². The minimum atomic E-state index is -0.926. The summed E-state index contributed by atoms with van der Waals surface area (Å²) in [5.41, 5.74) is 7.20. The quantitative estimate of drug-likeness (QED) is 0.187. The number of carbonyl (C=O) groups is 2. The molecule has 0 bridgehead atoms. The Labute approximate surface area is 225 Å². The molecule has 0 saturated carbocycles. The molecule has 2 aromatic heterocycles. The molecule has 5 rings (SSSR count). The van der Waals surface area contributed by atoms with Crippen molar-refractivity contribution in [3.63, 3.8) is 0 Å². The molecule has 3 N–H and O–H groups in total. The number of hydrogen-bond acceptors (Lipinski definition) is 5. The molecule has 0 aliphatic carbocycles. The molecule has 0 fully saturated rings. The van der Waals surface area contributed by atoms with Gasteiger partial charge in [0.25, 0.3) is 5.91 Å². The highest BCUT2D eigenvalue weighted by molar-refractivity contribution is 6.00. The second kappa shape index (κ2) is 12.4. The lowest BCUT2D eigenvalue weighted by Crippen LogP contribution is -2.47. The van der Waals surface area contributed by atoms with Gasteiger partial charge in [-0.1, -0.05) is 78.9 Å². The third-order valence-corrected chi connectivity index (χ3v) is 6.19. The zero-order chi connectivity index (χ0) is 26.9. The van der Waals surface area contributed by atoms with Crippen molar-refractivity contribution in [3.05, 3.63) is 126 Å². The third kappa shape index (κ3) is 6.78. The van der Waals surface area contributed by atoms with E-state index >= 15 is 0 Å². The van der Waals surface area contributed by atoms with E-state index in [0.717, 1.165) is 22.0 Å². The molecule has 9 heteroatoms. The first kappa shape index (κ1) is 25.5. The molecule has 0 spiro atoms. The van der Waals surface area contributed by atoms with E-state index in [9.17, 15) is 9.59 Å². The van der Waals surface area contributed by atoms with Crippen molar-refractivity contribution >= 4 is 29.1 Å². The van der Waals surface area contributed by atoms with Gasteiger partial charge in [0.1, 0.15) is 12.6 Å². The van der Waals surface area contributed by atoms with E-state index in [4.69, 9.17) is 4.74 Å². The number of nitrogens with zero attached hydrogens (tertiary/aromatic N) is 3. The fourth-order valence-corrected chi connectivity index (χ4v) is 4.26. The van der Waals surface area contributed by atoms with Gasteiger partial charge < -0.3 is 19.6 Å². The van der Waals surface area contributed by atoms with Crippen LogP contribution in [0, 0.1) is 0 Å². The Bertz CT molecular complexity index is 1550. The number of imidazole rings is 1. The number of hydrazone groups is 1. The Morgan fingerprint density at radius 1 is 0.974 bits per heavy atom. The van der Waals surface area contributed by atoms with Crippen LogP contribution in [-0.4, -0.2) is 38.8 Å². The van der Waals surface area contributed by atoms with Crippen molar-refractivity contribution in [1.29, 1.82) is 0 Å². The van der Waals surface area contributed by atoms with Gasteiger partial charge in [0.05, 0.1) is 12.5 Å². The maximum absolute atomic E-state index is 13.0. The van der Waals surface area contributed by atoms with Crippen molar-refractivity contribution in [1.82, 2.24) is 25.3 Å². The van der Waals surface area contributed by atoms with E-state index in [2.05, 4.69) is 48.6 Å². The second-order valence-electron chi connectivity index (χ2n) is 8.99. The summed E-state index contributed by atoms with van der Waals surface area (Å²) in [6, 6.07) is 26.6. The summed E-state index contributed by atoms with van der Waals surface area (Å²) in [6.07, 6.45) is 6.23. The summed E-state index contributed by atoms with van der Waals surface area (Å²) in [5.74, 6) is -0.481. The minimum absolute atomic E-state index is 0.0935. The highest BCUT2D eigenvalue weighted by Crippen LogP contribution is 2.21. The number of carbonyl (C=O) groups excluding carboxylic acids is 2. The average molecular weight is 521 g/mol. The van der Waals surface area contributed by atoms with Gasteiger partial charge in [0.2, 0.25) is 0 Å². The number of benzene rings is 3. The zero-order valence-electron chi connectivity index (χ0n) is 21.2. The summed E-state index contributed by atoms with van der Waals surface area (Å²) >= 11 is 0. The van der Waals surface area contributed by atoms with Crippen LogP contribution in [0.4, 0.5) is 4.79 Å². The van der Waals surface area contributed by atoms with E-state index in [1.165, 1.54) is 11.9 Å². The van der Waals surface area contributed by atoms with Gasteiger partial charge in [0.15, 0.2) is 0 Å². The molecule has 1 atom stereocenters. The van der Waals surface area contributed by atoms with Gasteiger partial charge in [-0.25, -0.2) is 15.2 Å². The Balaban J connectivity index is 1.26. The Morgan fingerprint density at radius 2 is 1.69 bits per heavy atom. The molecule has 3 aromatic carbocycles. The first-order chi connectivity index (χ1) is 19.2. The third-order valence-electron chi connectivity index (χ3n) is 6.19. The second-order valence-corrected chi connectivity index (χ2v) is 8.99. The first-order valence-electron chi connectivity index (χ1n) is 12.5. The van der Waals surface area contributed by atoms with E-state index in [-0.39, 0.29) is 13.0 Å². The molecular weight excluding hydrogens is 492 g/mol. The van der Waals surface area contributed by atoms with Crippen molar-refractivity contribution in [2.75, 3.05) is 0 Å². The highest BCUT2D eigenvalue weighted by Gasteiger charge is 2.22. The summed E-state index contributed by atoms with van der Waals surface area (Å²) in [4.78, 5) is 32.5. The van der Waals surface area contributed by atoms with Crippen molar-refractivity contribution in [3.8, 4) is 0 Å². The van der Waals surface area contributed by atoms with Crippen LogP contribution in [0.15, 0.2) is 109 Å². The van der Waals surface area contributed by atoms with Crippen LogP contribution in [0.1, 0.15) is 22.4 Å². The number of nitrogens with one attached hydrogen (secondary N) is 3. The van der Waals surface area contributed by atoms with Crippen LogP contribution in [0.2, 0.25) is 0 Å². The lowest BCUT2D eigenvalue weighted by Gasteiger charge is -2.16. The number of fused-ring (bicyclic) bond motifs is 1. The van der Waals surface area contributed by atoms with Crippen molar-refractivity contribution < 1.29 is 14.3 Å². The normalized spacial score (nSPS) is 11.9. The van der Waals surface area contributed by atoms with E-state index in [1.807, 2.05) is 72.9 Å². The Morgan fingerprint density at radius 3 is 2.44 bits per heavy atom. The SMILES string of the molecule is O=C(N[C@@H](Cc1cnc[nH]1)C(=O)N/N=C\c1cn(Cc2ccccc2)c2ccccc12)OCc1ccccc1. The molecule has 2 heterocycles. The fraction of sp³-hybridized carbons (Fsp3) is 0.133. The molecule has 39 heavy (non-hydrogen) atoms. The van der Waals surface area contributed by atoms with Crippen LogP contribution >= 0.6 is 0 Å². The van der Waals surface area contributed by atoms with Crippen molar-refractivity contribution in [2.45, 2.75) is 25.6 Å². The topological polar surface area (TPSA) is 113 Å². The number of amides is 2. The van der Waals surface area contributed by atoms with Crippen LogP contribution in [0.5, 0.6) is 0 Å². The van der Waals surface area contributed by atoms with E-state index in [0.29, 0.717) is 12.2 Å². The highest BCUT2D eigenvalue weighted by atomic mass is 16.5. The van der Waals surface area contributed by atoms with Crippen LogP contribution in [0.25, 0.3) is 10.9 Å². The fourth-order valence-electron chi connectivity index (χ4n) is 4.26. The first-order valence-corrected chi connectivity index (χ1v) is 12.5. The van der Waals surface area contributed by atoms with Gasteiger partial charge in [-0.2, -0.15) is 5.10 Å². The van der Waals surface area contributed by atoms with Gasteiger partial charge in [-0.3, -0.25) is 4.79 Å². The smallest absolute Gasteiger partial charge is 0.408 e. The molecule has 2 amide bonds. The van der Waals surface area contributed by atoms with Crippen molar-refractivity contribution in [2.24, 2.45) is 5.10 Å². The van der Waals surface area contributed by atoms with Crippen LogP contribution in [0.3, 0.4) is 0 Å². The average Bonchev–Trinajstić information content (AvgIpc) is 3.61. The molecule has 0 aliphatic rings. The summed E-state index contributed by atoms with van der Waals surface area (Å²) < 4.78 is 7.46. The molecule has 196 valence electrons. The molecule has 9 nitrogen and oxygen atoms in total. The maximum atomic E-state index is 13.0. The lowest BCUT2D eigenvalue weighted by molar-refractivity contribution is -0.123.